The third kappa shape index (κ3) is 4.47. The first-order chi connectivity index (χ1) is 20.4. The van der Waals surface area contributed by atoms with Gasteiger partial charge in [-0.2, -0.15) is 0 Å². The molecule has 2 aliphatic heterocycles. The normalized spacial score (nSPS) is 22.5. The van der Waals surface area contributed by atoms with Crippen LogP contribution in [0.4, 0.5) is 10.5 Å². The van der Waals surface area contributed by atoms with Gasteiger partial charge in [-0.05, 0) is 48.4 Å². The Hall–Kier alpha value is -4.43. The lowest BCUT2D eigenvalue weighted by Gasteiger charge is -2.38. The molecule has 42 heavy (non-hydrogen) atoms. The van der Waals surface area contributed by atoms with E-state index in [0.29, 0.717) is 22.6 Å². The van der Waals surface area contributed by atoms with Crippen molar-refractivity contribution in [1.29, 1.82) is 0 Å². The number of hydrogen-bond donors (Lipinski definition) is 2. The van der Waals surface area contributed by atoms with Crippen molar-refractivity contribution in [3.05, 3.63) is 130 Å². The van der Waals surface area contributed by atoms with Gasteiger partial charge in [-0.1, -0.05) is 88.7 Å². The first-order valence-electron chi connectivity index (χ1n) is 13.8. The van der Waals surface area contributed by atoms with Gasteiger partial charge >= 0.3 is 6.03 Å². The molecule has 0 aliphatic carbocycles. The summed E-state index contributed by atoms with van der Waals surface area (Å²) in [6.07, 6.45) is 0. The van der Waals surface area contributed by atoms with Gasteiger partial charge in [0, 0.05) is 39.8 Å². The van der Waals surface area contributed by atoms with Crippen LogP contribution in [0.2, 0.25) is 0 Å². The van der Waals surface area contributed by atoms with Crippen LogP contribution < -0.4 is 15.4 Å². The predicted molar refractivity (Wildman–Crippen MR) is 164 cm³/mol. The maximum Gasteiger partial charge on any atom is 0.319 e. The van der Waals surface area contributed by atoms with E-state index in [-0.39, 0.29) is 12.3 Å². The highest BCUT2D eigenvalue weighted by atomic mass is 79.9. The lowest BCUT2D eigenvalue weighted by molar-refractivity contribution is -0.126. The highest BCUT2D eigenvalue weighted by Crippen LogP contribution is 2.59. The Morgan fingerprint density at radius 2 is 1.62 bits per heavy atom. The summed E-state index contributed by atoms with van der Waals surface area (Å²) in [5, 5.41) is 6.05. The summed E-state index contributed by atoms with van der Waals surface area (Å²) >= 11 is 3.57. The average molecular weight is 625 g/mol. The van der Waals surface area contributed by atoms with Crippen molar-refractivity contribution in [2.75, 3.05) is 12.4 Å². The van der Waals surface area contributed by atoms with Crippen molar-refractivity contribution in [2.24, 2.45) is 5.92 Å². The minimum Gasteiger partial charge on any atom is -0.497 e. The quantitative estimate of drug-likeness (QED) is 0.240. The average Bonchev–Trinajstić information content (AvgIpc) is 3.46. The van der Waals surface area contributed by atoms with Gasteiger partial charge in [0.15, 0.2) is 11.3 Å². The highest BCUT2D eigenvalue weighted by Gasteiger charge is 2.69. The van der Waals surface area contributed by atoms with Crippen molar-refractivity contribution < 1.29 is 19.1 Å². The van der Waals surface area contributed by atoms with E-state index in [1.807, 2.05) is 97.9 Å². The van der Waals surface area contributed by atoms with E-state index in [9.17, 15) is 14.4 Å². The zero-order chi connectivity index (χ0) is 29.4. The molecule has 212 valence electrons. The first kappa shape index (κ1) is 27.7. The monoisotopic (exact) mass is 623 g/mol. The predicted octanol–water partition coefficient (Wildman–Crippen LogP) is 6.50. The van der Waals surface area contributed by atoms with Crippen LogP contribution in [0.3, 0.4) is 0 Å². The molecular formula is C34H30BrN3O4. The van der Waals surface area contributed by atoms with Crippen LogP contribution >= 0.6 is 15.9 Å². The molecule has 1 saturated heterocycles. The van der Waals surface area contributed by atoms with Crippen molar-refractivity contribution in [2.45, 2.75) is 31.0 Å². The number of methoxy groups -OCH3 is 1. The number of benzene rings is 4. The molecule has 0 aromatic heterocycles. The van der Waals surface area contributed by atoms with E-state index in [0.717, 1.165) is 15.6 Å². The van der Waals surface area contributed by atoms with Crippen LogP contribution in [-0.4, -0.2) is 35.8 Å². The van der Waals surface area contributed by atoms with Crippen molar-refractivity contribution >= 4 is 39.3 Å². The number of ether oxygens (including phenoxy) is 1. The molecule has 0 saturated carbocycles. The van der Waals surface area contributed by atoms with Gasteiger partial charge in [-0.25, -0.2) is 4.79 Å². The number of rotatable bonds is 6. The molecule has 0 radical (unpaired) electrons. The number of hydrogen-bond acceptors (Lipinski definition) is 4. The van der Waals surface area contributed by atoms with E-state index >= 15 is 0 Å². The molecule has 7 nitrogen and oxygen atoms in total. The summed E-state index contributed by atoms with van der Waals surface area (Å²) in [7, 11) is 1.60. The number of Topliss-reactive ketones (excluding diaryl/α,β-unsaturated/α-hetero) is 1. The van der Waals surface area contributed by atoms with Crippen LogP contribution in [0.25, 0.3) is 0 Å². The maximum absolute atomic E-state index is 14.7. The third-order valence-electron chi connectivity index (χ3n) is 8.45. The van der Waals surface area contributed by atoms with Crippen LogP contribution in [0, 0.1) is 5.92 Å². The summed E-state index contributed by atoms with van der Waals surface area (Å²) in [5.41, 5.74) is 1.82. The molecule has 2 heterocycles. The van der Waals surface area contributed by atoms with Crippen molar-refractivity contribution in [3.8, 4) is 5.75 Å². The zero-order valence-corrected chi connectivity index (χ0v) is 24.8. The second-order valence-electron chi connectivity index (χ2n) is 10.7. The molecule has 3 amide bonds. The van der Waals surface area contributed by atoms with Crippen LogP contribution in [0.1, 0.15) is 39.9 Å². The smallest absolute Gasteiger partial charge is 0.319 e. The van der Waals surface area contributed by atoms with Crippen LogP contribution in [-0.2, 0) is 16.9 Å². The van der Waals surface area contributed by atoms with Gasteiger partial charge in [-0.3, -0.25) is 9.59 Å². The number of urea groups is 1. The Bertz CT molecular complexity index is 1640. The summed E-state index contributed by atoms with van der Waals surface area (Å²) < 4.78 is 6.14. The minimum absolute atomic E-state index is 0.204. The molecule has 4 atom stereocenters. The van der Waals surface area contributed by atoms with Gasteiger partial charge < -0.3 is 20.3 Å². The largest absolute Gasteiger partial charge is 0.497 e. The Morgan fingerprint density at radius 3 is 2.29 bits per heavy atom. The first-order valence-corrected chi connectivity index (χ1v) is 14.6. The molecule has 8 heteroatoms. The second-order valence-corrected chi connectivity index (χ2v) is 11.6. The number of nitrogens with one attached hydrogen (secondary N) is 2. The summed E-state index contributed by atoms with van der Waals surface area (Å²) in [6, 6.07) is 30.7. The molecule has 1 fully saturated rings. The molecule has 2 aliphatic rings. The summed E-state index contributed by atoms with van der Waals surface area (Å²) in [4.78, 5) is 45.0. The summed E-state index contributed by atoms with van der Waals surface area (Å²) in [6.45, 7) is 2.19. The molecule has 4 aromatic carbocycles. The van der Waals surface area contributed by atoms with Crippen LogP contribution in [0.5, 0.6) is 5.75 Å². The van der Waals surface area contributed by atoms with E-state index in [4.69, 9.17) is 4.74 Å². The maximum atomic E-state index is 14.7. The SMILES string of the molecule is COc1ccc(C2C(C)N(C(=O)NCc3ccccc3)C3(C(=O)Nc4ccc(Br)cc43)C2C(=O)c2ccccc2)cc1. The Morgan fingerprint density at radius 1 is 0.952 bits per heavy atom. The molecule has 2 N–H and O–H groups in total. The number of anilines is 1. The molecule has 1 spiro atoms. The van der Waals surface area contributed by atoms with E-state index < -0.39 is 35.4 Å². The van der Waals surface area contributed by atoms with Gasteiger partial charge in [0.2, 0.25) is 0 Å². The number of amides is 3. The standard InChI is InChI=1S/C34H30BrN3O4/c1-21-29(23-13-16-26(42-2)17-14-23)30(31(39)24-11-7-4-8-12-24)34(27-19-25(35)15-18-28(27)37-32(34)40)38(21)33(41)36-20-22-9-5-3-6-10-22/h3-19,21,29-30H,20H2,1-2H3,(H,36,41)(H,37,40). The molecule has 0 bridgehead atoms. The third-order valence-corrected chi connectivity index (χ3v) is 8.94. The topological polar surface area (TPSA) is 87.7 Å². The zero-order valence-electron chi connectivity index (χ0n) is 23.2. The number of ketones is 1. The van der Waals surface area contributed by atoms with Gasteiger partial charge in [0.05, 0.1) is 13.0 Å². The van der Waals surface area contributed by atoms with E-state index in [2.05, 4.69) is 26.6 Å². The lowest BCUT2D eigenvalue weighted by Crippen LogP contribution is -2.58. The van der Waals surface area contributed by atoms with Gasteiger partial charge in [-0.15, -0.1) is 0 Å². The molecule has 6 rings (SSSR count). The van der Waals surface area contributed by atoms with Crippen molar-refractivity contribution in [1.82, 2.24) is 10.2 Å². The van der Waals surface area contributed by atoms with Crippen LogP contribution in [0.15, 0.2) is 108 Å². The van der Waals surface area contributed by atoms with Gasteiger partial charge in [0.25, 0.3) is 5.91 Å². The number of carbonyl (C=O) groups is 3. The Kier molecular flexibility index (Phi) is 7.33. The Balaban J connectivity index is 1.56. The number of nitrogens with zero attached hydrogens (tertiary/aromatic N) is 1. The fourth-order valence-corrected chi connectivity index (χ4v) is 7.00. The molecular weight excluding hydrogens is 594 g/mol. The van der Waals surface area contributed by atoms with Crippen molar-refractivity contribution in [3.63, 3.8) is 0 Å². The molecule has 4 aromatic rings. The lowest BCUT2D eigenvalue weighted by atomic mass is 9.69. The second kappa shape index (κ2) is 11.1. The highest BCUT2D eigenvalue weighted by molar-refractivity contribution is 9.10. The number of likely N-dealkylation sites (tertiary alicyclic amines) is 1. The Labute approximate surface area is 253 Å². The van der Waals surface area contributed by atoms with E-state index in [1.54, 1.807) is 24.1 Å². The molecule has 4 unspecified atom stereocenters. The fourth-order valence-electron chi connectivity index (χ4n) is 6.63. The number of fused-ring (bicyclic) bond motifs is 2. The number of carbonyl (C=O) groups excluding carboxylic acids is 3. The summed E-state index contributed by atoms with van der Waals surface area (Å²) in [5.74, 6) is -1.34. The minimum atomic E-state index is -1.60. The van der Waals surface area contributed by atoms with E-state index in [1.165, 1.54) is 0 Å². The number of halogens is 1. The van der Waals surface area contributed by atoms with Gasteiger partial charge in [0.1, 0.15) is 5.75 Å². The fraction of sp³-hybridized carbons (Fsp3) is 0.206.